The van der Waals surface area contributed by atoms with E-state index in [1.54, 1.807) is 6.20 Å². The zero-order valence-electron chi connectivity index (χ0n) is 7.70. The monoisotopic (exact) mass is 231 g/mol. The van der Waals surface area contributed by atoms with Gasteiger partial charge in [0.2, 0.25) is 0 Å². The fourth-order valence-corrected chi connectivity index (χ4v) is 1.94. The number of pyridine rings is 1. The van der Waals surface area contributed by atoms with Crippen LogP contribution in [0.25, 0.3) is 0 Å². The third-order valence-electron chi connectivity index (χ3n) is 1.54. The maximum Gasteiger partial charge on any atom is 0.315 e. The van der Waals surface area contributed by atoms with Gasteiger partial charge in [0.05, 0.1) is 12.9 Å². The Kier molecular flexibility index (Phi) is 4.76. The number of rotatable bonds is 4. The molecule has 5 heteroatoms. The van der Waals surface area contributed by atoms with Gasteiger partial charge in [0.1, 0.15) is 5.15 Å². The number of methoxy groups -OCH3 is 1. The number of hydrogen-bond donors (Lipinski definition) is 0. The summed E-state index contributed by atoms with van der Waals surface area (Å²) in [5, 5.41) is 0.491. The van der Waals surface area contributed by atoms with E-state index in [9.17, 15) is 4.79 Å². The highest BCUT2D eigenvalue weighted by Gasteiger charge is 2.03. The van der Waals surface area contributed by atoms with Crippen molar-refractivity contribution in [2.45, 2.75) is 5.75 Å². The molecule has 14 heavy (non-hydrogen) atoms. The van der Waals surface area contributed by atoms with E-state index in [1.807, 2.05) is 12.1 Å². The van der Waals surface area contributed by atoms with Crippen molar-refractivity contribution in [1.29, 1.82) is 0 Å². The quantitative estimate of drug-likeness (QED) is 0.588. The number of thioether (sulfide) groups is 1. The third-order valence-corrected chi connectivity index (χ3v) is 2.84. The Morgan fingerprint density at radius 2 is 2.50 bits per heavy atom. The Hall–Kier alpha value is -0.740. The first kappa shape index (κ1) is 11.3. The normalized spacial score (nSPS) is 9.86. The molecule has 0 bridgehead atoms. The minimum atomic E-state index is -0.227. The maximum absolute atomic E-state index is 10.8. The van der Waals surface area contributed by atoms with Gasteiger partial charge < -0.3 is 4.74 Å². The Morgan fingerprint density at radius 3 is 3.14 bits per heavy atom. The molecule has 0 N–H and O–H groups in total. The lowest BCUT2D eigenvalue weighted by Gasteiger charge is -2.01. The highest BCUT2D eigenvalue weighted by molar-refractivity contribution is 7.99. The van der Waals surface area contributed by atoms with Crippen LogP contribution in [0.15, 0.2) is 18.3 Å². The zero-order chi connectivity index (χ0) is 10.4. The second-order valence-corrected chi connectivity index (χ2v) is 3.87. The second-order valence-electron chi connectivity index (χ2n) is 2.52. The largest absolute Gasteiger partial charge is 0.468 e. The summed E-state index contributed by atoms with van der Waals surface area (Å²) in [5.41, 5.74) is 0.933. The lowest BCUT2D eigenvalue weighted by Crippen LogP contribution is -2.03. The van der Waals surface area contributed by atoms with Crippen LogP contribution in [0.2, 0.25) is 5.15 Å². The molecule has 0 saturated heterocycles. The first-order valence-corrected chi connectivity index (χ1v) is 5.51. The molecule has 0 spiro atoms. The van der Waals surface area contributed by atoms with Crippen LogP contribution >= 0.6 is 23.4 Å². The minimum absolute atomic E-state index is 0.227. The molecule has 0 aromatic carbocycles. The summed E-state index contributed by atoms with van der Waals surface area (Å²) in [6.07, 6.45) is 1.64. The van der Waals surface area contributed by atoms with Crippen LogP contribution in [0.5, 0.6) is 0 Å². The molecule has 0 aliphatic rings. The third kappa shape index (κ3) is 3.55. The number of hydrogen-bond acceptors (Lipinski definition) is 4. The van der Waals surface area contributed by atoms with Crippen LogP contribution in [0.1, 0.15) is 5.56 Å². The van der Waals surface area contributed by atoms with Gasteiger partial charge in [-0.2, -0.15) is 0 Å². The van der Waals surface area contributed by atoms with Gasteiger partial charge in [0.15, 0.2) is 0 Å². The van der Waals surface area contributed by atoms with E-state index in [0.29, 0.717) is 16.7 Å². The van der Waals surface area contributed by atoms with Crippen molar-refractivity contribution < 1.29 is 9.53 Å². The van der Waals surface area contributed by atoms with Crippen LogP contribution in [0.4, 0.5) is 0 Å². The van der Waals surface area contributed by atoms with Gasteiger partial charge >= 0.3 is 5.97 Å². The van der Waals surface area contributed by atoms with E-state index in [2.05, 4.69) is 9.72 Å². The van der Waals surface area contributed by atoms with E-state index < -0.39 is 0 Å². The Morgan fingerprint density at radius 1 is 1.71 bits per heavy atom. The molecule has 1 rings (SSSR count). The maximum atomic E-state index is 10.8. The summed E-state index contributed by atoms with van der Waals surface area (Å²) in [5.74, 6) is 0.777. The van der Waals surface area contributed by atoms with E-state index >= 15 is 0 Å². The van der Waals surface area contributed by atoms with Gasteiger partial charge in [-0.25, -0.2) is 4.98 Å². The molecular formula is C9H10ClNO2S. The predicted molar refractivity (Wildman–Crippen MR) is 57.4 cm³/mol. The van der Waals surface area contributed by atoms with Crippen molar-refractivity contribution in [2.75, 3.05) is 12.9 Å². The lowest BCUT2D eigenvalue weighted by atomic mass is 10.3. The molecule has 1 heterocycles. The van der Waals surface area contributed by atoms with Crippen molar-refractivity contribution in [3.8, 4) is 0 Å². The van der Waals surface area contributed by atoms with Crippen LogP contribution in [0, 0.1) is 0 Å². The standard InChI is InChI=1S/C9H10ClNO2S/c1-13-8(12)6-14-5-7-3-2-4-11-9(7)10/h2-4H,5-6H2,1H3. The molecule has 1 aromatic heterocycles. The van der Waals surface area contributed by atoms with Crippen molar-refractivity contribution in [3.63, 3.8) is 0 Å². The number of esters is 1. The zero-order valence-corrected chi connectivity index (χ0v) is 9.27. The summed E-state index contributed by atoms with van der Waals surface area (Å²) in [4.78, 5) is 14.7. The number of nitrogens with zero attached hydrogens (tertiary/aromatic N) is 1. The Labute approximate surface area is 91.8 Å². The highest BCUT2D eigenvalue weighted by atomic mass is 35.5. The van der Waals surface area contributed by atoms with Crippen molar-refractivity contribution in [3.05, 3.63) is 29.0 Å². The first-order chi connectivity index (χ1) is 6.74. The molecule has 1 aromatic rings. The van der Waals surface area contributed by atoms with E-state index in [0.717, 1.165) is 5.56 Å². The summed E-state index contributed by atoms with van der Waals surface area (Å²) in [6, 6.07) is 3.71. The smallest absolute Gasteiger partial charge is 0.315 e. The number of ether oxygens (including phenoxy) is 1. The van der Waals surface area contributed by atoms with E-state index in [4.69, 9.17) is 11.6 Å². The fraction of sp³-hybridized carbons (Fsp3) is 0.333. The van der Waals surface area contributed by atoms with Gasteiger partial charge in [-0.05, 0) is 11.6 Å². The lowest BCUT2D eigenvalue weighted by molar-refractivity contribution is -0.137. The number of carbonyl (C=O) groups is 1. The molecular weight excluding hydrogens is 222 g/mol. The van der Waals surface area contributed by atoms with Gasteiger partial charge in [-0.15, -0.1) is 11.8 Å². The van der Waals surface area contributed by atoms with Crippen LogP contribution in [-0.2, 0) is 15.3 Å². The Balaban J connectivity index is 2.39. The molecule has 0 radical (unpaired) electrons. The Bertz CT molecular complexity index is 319. The minimum Gasteiger partial charge on any atom is -0.468 e. The van der Waals surface area contributed by atoms with Gasteiger partial charge in [-0.1, -0.05) is 17.7 Å². The molecule has 0 aliphatic carbocycles. The second kappa shape index (κ2) is 5.88. The van der Waals surface area contributed by atoms with Gasteiger partial charge in [-0.3, -0.25) is 4.79 Å². The van der Waals surface area contributed by atoms with E-state index in [-0.39, 0.29) is 5.97 Å². The highest BCUT2D eigenvalue weighted by Crippen LogP contribution is 2.18. The fourth-order valence-electron chi connectivity index (χ4n) is 0.830. The van der Waals surface area contributed by atoms with E-state index in [1.165, 1.54) is 18.9 Å². The molecule has 0 fully saturated rings. The van der Waals surface area contributed by atoms with Crippen molar-refractivity contribution >= 4 is 29.3 Å². The molecule has 0 amide bonds. The van der Waals surface area contributed by atoms with Crippen LogP contribution in [-0.4, -0.2) is 23.8 Å². The van der Waals surface area contributed by atoms with Crippen LogP contribution < -0.4 is 0 Å². The molecule has 76 valence electrons. The summed E-state index contributed by atoms with van der Waals surface area (Å²) >= 11 is 7.29. The average Bonchev–Trinajstić information content (AvgIpc) is 2.20. The predicted octanol–water partition coefficient (Wildman–Crippen LogP) is 2.14. The molecule has 0 aliphatic heterocycles. The number of carbonyl (C=O) groups excluding carboxylic acids is 1. The average molecular weight is 232 g/mol. The number of halogens is 1. The summed E-state index contributed by atoms with van der Waals surface area (Å²) in [7, 11) is 1.37. The molecule has 0 saturated carbocycles. The van der Waals surface area contributed by atoms with Gasteiger partial charge in [0.25, 0.3) is 0 Å². The molecule has 0 atom stereocenters. The first-order valence-electron chi connectivity index (χ1n) is 3.98. The van der Waals surface area contributed by atoms with Crippen molar-refractivity contribution in [2.24, 2.45) is 0 Å². The molecule has 3 nitrogen and oxygen atoms in total. The SMILES string of the molecule is COC(=O)CSCc1cccnc1Cl. The van der Waals surface area contributed by atoms with Gasteiger partial charge in [0, 0.05) is 11.9 Å². The molecule has 0 unspecified atom stereocenters. The summed E-state index contributed by atoms with van der Waals surface area (Å²) < 4.78 is 4.51. The topological polar surface area (TPSA) is 39.2 Å². The van der Waals surface area contributed by atoms with Crippen molar-refractivity contribution in [1.82, 2.24) is 4.98 Å². The van der Waals surface area contributed by atoms with Crippen LogP contribution in [0.3, 0.4) is 0 Å². The summed E-state index contributed by atoms with van der Waals surface area (Å²) in [6.45, 7) is 0. The number of aromatic nitrogens is 1.